The van der Waals surface area contributed by atoms with Crippen molar-refractivity contribution in [2.75, 3.05) is 19.0 Å². The highest BCUT2D eigenvalue weighted by Crippen LogP contribution is 2.22. The number of carbonyl (C=O) groups excluding carboxylic acids is 1. The van der Waals surface area contributed by atoms with Crippen molar-refractivity contribution in [1.82, 2.24) is 20.3 Å². The van der Waals surface area contributed by atoms with Crippen LogP contribution in [0, 0.1) is 13.8 Å². The first-order chi connectivity index (χ1) is 16.4. The number of aliphatic imine (C=N–C) groups is 1. The van der Waals surface area contributed by atoms with Crippen LogP contribution in [0.15, 0.2) is 59.7 Å². The molecule has 2 aromatic heterocycles. The molecule has 2 aromatic carbocycles. The molecule has 0 aliphatic carbocycles. The van der Waals surface area contributed by atoms with E-state index >= 15 is 0 Å². The number of anilines is 1. The minimum atomic E-state index is -0.326. The van der Waals surface area contributed by atoms with Gasteiger partial charge in [0.15, 0.2) is 0 Å². The zero-order valence-electron chi connectivity index (χ0n) is 19.1. The van der Waals surface area contributed by atoms with Gasteiger partial charge in [0.05, 0.1) is 7.11 Å². The van der Waals surface area contributed by atoms with Crippen molar-refractivity contribution in [1.29, 1.82) is 0 Å². The fraction of sp³-hybridized carbons (Fsp3) is 0.200. The van der Waals surface area contributed by atoms with Crippen LogP contribution in [0.3, 0.4) is 0 Å². The van der Waals surface area contributed by atoms with Crippen LogP contribution < -0.4 is 15.4 Å². The predicted molar refractivity (Wildman–Crippen MR) is 135 cm³/mol. The number of benzene rings is 2. The molecule has 1 amide bonds. The Balaban J connectivity index is 1.56. The molecular weight excluding hydrogens is 452 g/mol. The smallest absolute Gasteiger partial charge is 0.258 e. The van der Waals surface area contributed by atoms with Crippen LogP contribution in [0.2, 0.25) is 5.02 Å². The van der Waals surface area contributed by atoms with Gasteiger partial charge in [0.25, 0.3) is 5.91 Å². The monoisotopic (exact) mass is 476 g/mol. The number of carbonyl (C=O) groups is 1. The van der Waals surface area contributed by atoms with Crippen molar-refractivity contribution in [2.45, 2.75) is 20.3 Å². The summed E-state index contributed by atoms with van der Waals surface area (Å²) in [7, 11) is 1.56. The summed E-state index contributed by atoms with van der Waals surface area (Å²) in [5.74, 6) is 0.889. The molecule has 0 fully saturated rings. The first-order valence-corrected chi connectivity index (χ1v) is 11.1. The van der Waals surface area contributed by atoms with E-state index in [2.05, 4.69) is 30.6 Å². The summed E-state index contributed by atoms with van der Waals surface area (Å²) < 4.78 is 5.22. The second-order valence-electron chi connectivity index (χ2n) is 7.77. The third-order valence-corrected chi connectivity index (χ3v) is 5.39. The van der Waals surface area contributed by atoms with E-state index < -0.39 is 0 Å². The predicted octanol–water partition coefficient (Wildman–Crippen LogP) is 4.68. The Labute approximate surface area is 202 Å². The molecule has 0 radical (unpaired) electrons. The molecule has 0 spiro atoms. The normalized spacial score (nSPS) is 11.5. The second kappa shape index (κ2) is 10.4. The number of H-pyrrole nitrogens is 1. The molecule has 3 N–H and O–H groups in total. The highest BCUT2D eigenvalue weighted by molar-refractivity contribution is 6.31. The lowest BCUT2D eigenvalue weighted by Crippen LogP contribution is -2.37. The SMILES string of the molecule is COc1cccc(C(=O)NC(=NCCc2c[nH]c3ccc(Cl)cc23)Nc2nc(C)cc(C)n2)c1. The molecule has 0 atom stereocenters. The van der Waals surface area contributed by atoms with E-state index in [1.807, 2.05) is 44.3 Å². The van der Waals surface area contributed by atoms with E-state index in [0.29, 0.717) is 35.2 Å². The van der Waals surface area contributed by atoms with Gasteiger partial charge >= 0.3 is 0 Å². The van der Waals surface area contributed by atoms with Crippen molar-refractivity contribution < 1.29 is 9.53 Å². The Hall–Kier alpha value is -3.91. The summed E-state index contributed by atoms with van der Waals surface area (Å²) in [6.07, 6.45) is 2.60. The number of rotatable bonds is 6. The van der Waals surface area contributed by atoms with Gasteiger partial charge < -0.3 is 9.72 Å². The highest BCUT2D eigenvalue weighted by atomic mass is 35.5. The molecule has 174 valence electrons. The number of amides is 1. The Morgan fingerprint density at radius 3 is 2.68 bits per heavy atom. The maximum Gasteiger partial charge on any atom is 0.258 e. The van der Waals surface area contributed by atoms with Crippen LogP contribution in [0.1, 0.15) is 27.3 Å². The molecular formula is C25H25ClN6O2. The number of aromatic amines is 1. The molecule has 0 bridgehead atoms. The maximum atomic E-state index is 12.9. The van der Waals surface area contributed by atoms with Crippen molar-refractivity contribution >= 4 is 40.3 Å². The third-order valence-electron chi connectivity index (χ3n) is 5.16. The topological polar surface area (TPSA) is 104 Å². The van der Waals surface area contributed by atoms with Gasteiger partial charge in [-0.1, -0.05) is 17.7 Å². The minimum absolute atomic E-state index is 0.260. The number of aromatic nitrogens is 3. The molecule has 0 aliphatic heterocycles. The lowest BCUT2D eigenvalue weighted by molar-refractivity contribution is 0.0976. The average molecular weight is 477 g/mol. The number of hydrogen-bond donors (Lipinski definition) is 3. The van der Waals surface area contributed by atoms with Gasteiger partial charge in [0.1, 0.15) is 5.75 Å². The van der Waals surface area contributed by atoms with E-state index in [9.17, 15) is 4.79 Å². The van der Waals surface area contributed by atoms with Gasteiger partial charge in [0, 0.05) is 45.6 Å². The highest BCUT2D eigenvalue weighted by Gasteiger charge is 2.12. The Morgan fingerprint density at radius 2 is 1.91 bits per heavy atom. The zero-order chi connectivity index (χ0) is 24.1. The summed E-state index contributed by atoms with van der Waals surface area (Å²) in [5.41, 5.74) is 4.16. The number of hydrogen-bond acceptors (Lipinski definition) is 5. The van der Waals surface area contributed by atoms with E-state index in [0.717, 1.165) is 27.9 Å². The molecule has 9 heteroatoms. The van der Waals surface area contributed by atoms with E-state index in [4.69, 9.17) is 16.3 Å². The summed E-state index contributed by atoms with van der Waals surface area (Å²) in [5, 5.41) is 7.61. The number of nitrogens with one attached hydrogen (secondary N) is 3. The molecule has 4 rings (SSSR count). The van der Waals surface area contributed by atoms with Gasteiger partial charge in [-0.15, -0.1) is 0 Å². The summed E-state index contributed by atoms with van der Waals surface area (Å²) >= 11 is 6.16. The van der Waals surface area contributed by atoms with Crippen molar-refractivity contribution in [2.24, 2.45) is 4.99 Å². The van der Waals surface area contributed by atoms with E-state index in [1.165, 1.54) is 0 Å². The fourth-order valence-corrected chi connectivity index (χ4v) is 3.76. The quantitative estimate of drug-likeness (QED) is 0.277. The standard InChI is InChI=1S/C25H25ClN6O2/c1-15-11-16(2)30-25(29-15)32-24(31-23(33)17-5-4-6-20(12-17)34-3)27-10-9-18-14-28-22-8-7-19(26)13-21(18)22/h4-8,11-14,28H,9-10H2,1-3H3,(H2,27,29,30,31,32,33). The van der Waals surface area contributed by atoms with Crippen molar-refractivity contribution in [3.8, 4) is 5.75 Å². The Kier molecular flexibility index (Phi) is 7.08. The van der Waals surface area contributed by atoms with Crippen LogP contribution in [-0.2, 0) is 6.42 Å². The number of nitrogens with zero attached hydrogens (tertiary/aromatic N) is 3. The zero-order valence-corrected chi connectivity index (χ0v) is 19.9. The van der Waals surface area contributed by atoms with Crippen molar-refractivity contribution in [3.05, 3.63) is 82.3 Å². The number of ether oxygens (including phenoxy) is 1. The molecule has 2 heterocycles. The summed E-state index contributed by atoms with van der Waals surface area (Å²) in [4.78, 5) is 29.5. The maximum absolute atomic E-state index is 12.9. The van der Waals surface area contributed by atoms with Gasteiger partial charge in [0.2, 0.25) is 11.9 Å². The fourth-order valence-electron chi connectivity index (χ4n) is 3.59. The molecule has 34 heavy (non-hydrogen) atoms. The lowest BCUT2D eigenvalue weighted by Gasteiger charge is -2.12. The van der Waals surface area contributed by atoms with Crippen LogP contribution in [0.4, 0.5) is 5.95 Å². The molecule has 4 aromatic rings. The molecule has 0 saturated heterocycles. The van der Waals surface area contributed by atoms with Crippen LogP contribution in [0.25, 0.3) is 10.9 Å². The number of halogens is 1. The first-order valence-electron chi connectivity index (χ1n) is 10.8. The Morgan fingerprint density at radius 1 is 1.12 bits per heavy atom. The number of fused-ring (bicyclic) bond motifs is 1. The number of guanidine groups is 1. The molecule has 8 nitrogen and oxygen atoms in total. The second-order valence-corrected chi connectivity index (χ2v) is 8.21. The van der Waals surface area contributed by atoms with Gasteiger partial charge in [-0.3, -0.25) is 20.4 Å². The number of aryl methyl sites for hydroxylation is 2. The molecule has 0 unspecified atom stereocenters. The largest absolute Gasteiger partial charge is 0.497 e. The van der Waals surface area contributed by atoms with Crippen molar-refractivity contribution in [3.63, 3.8) is 0 Å². The van der Waals surface area contributed by atoms with Gasteiger partial charge in [-0.05, 0) is 68.3 Å². The molecule has 0 aliphatic rings. The van der Waals surface area contributed by atoms with Crippen LogP contribution in [-0.4, -0.2) is 40.5 Å². The van der Waals surface area contributed by atoms with Gasteiger partial charge in [-0.2, -0.15) is 0 Å². The summed E-state index contributed by atoms with van der Waals surface area (Å²) in [6, 6.07) is 14.5. The van der Waals surface area contributed by atoms with Crippen LogP contribution in [0.5, 0.6) is 5.75 Å². The van der Waals surface area contributed by atoms with Crippen LogP contribution >= 0.6 is 11.6 Å². The Bertz CT molecular complexity index is 1340. The molecule has 0 saturated carbocycles. The minimum Gasteiger partial charge on any atom is -0.497 e. The van der Waals surface area contributed by atoms with E-state index in [-0.39, 0.29) is 11.9 Å². The lowest BCUT2D eigenvalue weighted by atomic mass is 10.1. The summed E-state index contributed by atoms with van der Waals surface area (Å²) in [6.45, 7) is 4.19. The first kappa shape index (κ1) is 23.3. The van der Waals surface area contributed by atoms with Gasteiger partial charge in [-0.25, -0.2) is 9.97 Å². The average Bonchev–Trinajstić information content (AvgIpc) is 3.20. The third kappa shape index (κ3) is 5.71. The number of methoxy groups -OCH3 is 1. The van der Waals surface area contributed by atoms with E-state index in [1.54, 1.807) is 31.4 Å².